The molecule has 0 spiro atoms. The quantitative estimate of drug-likeness (QED) is 0.627. The van der Waals surface area contributed by atoms with Crippen LogP contribution in [0.3, 0.4) is 0 Å². The van der Waals surface area contributed by atoms with Gasteiger partial charge in [0.1, 0.15) is 0 Å². The Morgan fingerprint density at radius 2 is 2.00 bits per heavy atom. The monoisotopic (exact) mass is 230 g/mol. The van der Waals surface area contributed by atoms with Gasteiger partial charge in [-0.1, -0.05) is 32.3 Å². The smallest absolute Gasteiger partial charge is 0.288 e. The van der Waals surface area contributed by atoms with Gasteiger partial charge in [-0.05, 0) is 31.3 Å². The van der Waals surface area contributed by atoms with E-state index in [0.717, 1.165) is 31.8 Å². The molecule has 0 aromatic heterocycles. The molecule has 0 atom stereocenters. The lowest BCUT2D eigenvalue weighted by Crippen LogP contribution is -2.26. The van der Waals surface area contributed by atoms with E-state index >= 15 is 0 Å². The highest BCUT2D eigenvalue weighted by atomic mass is 19.3. The van der Waals surface area contributed by atoms with Gasteiger partial charge in [0.15, 0.2) is 0 Å². The number of carbonyl (C=O) groups excluding carboxylic acids is 1. The second-order valence-corrected chi connectivity index (χ2v) is 4.58. The van der Waals surface area contributed by atoms with E-state index in [1.54, 1.807) is 6.08 Å². The van der Waals surface area contributed by atoms with Crippen LogP contribution in [0.2, 0.25) is 0 Å². The molecule has 0 N–H and O–H groups in total. The van der Waals surface area contributed by atoms with Gasteiger partial charge >= 0.3 is 5.92 Å². The van der Waals surface area contributed by atoms with Crippen LogP contribution in [-0.2, 0) is 4.79 Å². The second kappa shape index (κ2) is 6.12. The van der Waals surface area contributed by atoms with Crippen molar-refractivity contribution in [3.05, 3.63) is 12.2 Å². The zero-order valence-corrected chi connectivity index (χ0v) is 9.85. The summed E-state index contributed by atoms with van der Waals surface area (Å²) < 4.78 is 26.6. The van der Waals surface area contributed by atoms with Gasteiger partial charge in [-0.2, -0.15) is 8.78 Å². The normalized spacial score (nSPS) is 18.4. The molecule has 0 saturated heterocycles. The van der Waals surface area contributed by atoms with E-state index in [1.165, 1.54) is 0 Å². The Hall–Kier alpha value is -0.730. The molecular formula is C13H20F2O. The third-order valence-electron chi connectivity index (χ3n) is 3.12. The molecule has 1 fully saturated rings. The molecule has 3 heteroatoms. The summed E-state index contributed by atoms with van der Waals surface area (Å²) in [7, 11) is 0. The third kappa shape index (κ3) is 4.03. The first-order valence-corrected chi connectivity index (χ1v) is 6.16. The molecule has 0 aromatic rings. The van der Waals surface area contributed by atoms with E-state index in [4.69, 9.17) is 0 Å². The molecule has 1 aliphatic rings. The number of halogens is 2. The number of allylic oxidation sites excluding steroid dienone is 2. The number of hydrogen-bond donors (Lipinski definition) is 0. The maximum atomic E-state index is 13.3. The van der Waals surface area contributed by atoms with Crippen molar-refractivity contribution in [2.75, 3.05) is 0 Å². The Balaban J connectivity index is 2.42. The van der Waals surface area contributed by atoms with Crippen LogP contribution < -0.4 is 0 Å². The summed E-state index contributed by atoms with van der Waals surface area (Å²) in [5, 5.41) is 0. The molecular weight excluding hydrogens is 210 g/mol. The predicted molar refractivity (Wildman–Crippen MR) is 60.6 cm³/mol. The minimum atomic E-state index is -3.16. The standard InChI is InChI=1S/C13H20F2O/c1-2-3-10-13(14,15)12(16)9-8-11-6-4-5-7-11/h8-9,11H,2-7,10H2,1H3/b9-8+. The van der Waals surface area contributed by atoms with Crippen molar-refractivity contribution in [1.82, 2.24) is 0 Å². The summed E-state index contributed by atoms with van der Waals surface area (Å²) in [6, 6.07) is 0. The van der Waals surface area contributed by atoms with Gasteiger partial charge in [-0.15, -0.1) is 0 Å². The van der Waals surface area contributed by atoms with Crippen LogP contribution in [0.5, 0.6) is 0 Å². The number of alkyl halides is 2. The second-order valence-electron chi connectivity index (χ2n) is 4.58. The highest BCUT2D eigenvalue weighted by molar-refractivity contribution is 5.95. The Labute approximate surface area is 95.9 Å². The molecule has 92 valence electrons. The lowest BCUT2D eigenvalue weighted by molar-refractivity contribution is -0.138. The van der Waals surface area contributed by atoms with Crippen molar-refractivity contribution in [2.45, 2.75) is 57.8 Å². The number of hydrogen-bond acceptors (Lipinski definition) is 1. The van der Waals surface area contributed by atoms with Crippen molar-refractivity contribution in [3.63, 3.8) is 0 Å². The van der Waals surface area contributed by atoms with E-state index in [2.05, 4.69) is 0 Å². The Morgan fingerprint density at radius 1 is 1.38 bits per heavy atom. The molecule has 1 nitrogen and oxygen atoms in total. The largest absolute Gasteiger partial charge is 0.309 e. The highest BCUT2D eigenvalue weighted by Gasteiger charge is 2.35. The molecule has 0 radical (unpaired) electrons. The minimum Gasteiger partial charge on any atom is -0.288 e. The van der Waals surface area contributed by atoms with Crippen LogP contribution in [0.25, 0.3) is 0 Å². The average molecular weight is 230 g/mol. The summed E-state index contributed by atoms with van der Waals surface area (Å²) in [5.41, 5.74) is 0. The molecule has 0 aromatic carbocycles. The number of carbonyl (C=O) groups is 1. The molecule has 1 aliphatic carbocycles. The first kappa shape index (κ1) is 13.3. The van der Waals surface area contributed by atoms with Crippen molar-refractivity contribution < 1.29 is 13.6 Å². The fourth-order valence-electron chi connectivity index (χ4n) is 2.02. The van der Waals surface area contributed by atoms with Gasteiger partial charge in [0.25, 0.3) is 0 Å². The van der Waals surface area contributed by atoms with E-state index < -0.39 is 11.7 Å². The zero-order valence-electron chi connectivity index (χ0n) is 9.85. The molecule has 0 bridgehead atoms. The SMILES string of the molecule is CCCCC(F)(F)C(=O)/C=C/C1CCCC1. The lowest BCUT2D eigenvalue weighted by atomic mass is 10.0. The molecule has 0 amide bonds. The fourth-order valence-corrected chi connectivity index (χ4v) is 2.02. The topological polar surface area (TPSA) is 17.1 Å². The van der Waals surface area contributed by atoms with E-state index in [0.29, 0.717) is 18.8 Å². The number of unbranched alkanes of at least 4 members (excludes halogenated alkanes) is 1. The molecule has 16 heavy (non-hydrogen) atoms. The first-order chi connectivity index (χ1) is 7.56. The summed E-state index contributed by atoms with van der Waals surface area (Å²) in [4.78, 5) is 11.3. The molecule has 0 heterocycles. The number of rotatable bonds is 6. The summed E-state index contributed by atoms with van der Waals surface area (Å²) in [6.07, 6.45) is 7.91. The van der Waals surface area contributed by atoms with Gasteiger partial charge in [0.05, 0.1) is 0 Å². The summed E-state index contributed by atoms with van der Waals surface area (Å²) >= 11 is 0. The Morgan fingerprint density at radius 3 is 2.56 bits per heavy atom. The van der Waals surface area contributed by atoms with Crippen molar-refractivity contribution in [2.24, 2.45) is 5.92 Å². The van der Waals surface area contributed by atoms with E-state index in [1.807, 2.05) is 6.92 Å². The van der Waals surface area contributed by atoms with Crippen LogP contribution >= 0.6 is 0 Å². The maximum Gasteiger partial charge on any atom is 0.309 e. The maximum absolute atomic E-state index is 13.3. The van der Waals surface area contributed by atoms with E-state index in [9.17, 15) is 13.6 Å². The highest BCUT2D eigenvalue weighted by Crippen LogP contribution is 2.27. The van der Waals surface area contributed by atoms with Crippen LogP contribution in [0, 0.1) is 5.92 Å². The van der Waals surface area contributed by atoms with Gasteiger partial charge in [0, 0.05) is 6.42 Å². The third-order valence-corrected chi connectivity index (χ3v) is 3.12. The summed E-state index contributed by atoms with van der Waals surface area (Å²) in [6.45, 7) is 1.84. The lowest BCUT2D eigenvalue weighted by Gasteiger charge is -2.12. The van der Waals surface area contributed by atoms with Gasteiger partial charge in [0.2, 0.25) is 5.78 Å². The van der Waals surface area contributed by atoms with Crippen molar-refractivity contribution >= 4 is 5.78 Å². The summed E-state index contributed by atoms with van der Waals surface area (Å²) in [5.74, 6) is -3.84. The van der Waals surface area contributed by atoms with Gasteiger partial charge in [-0.25, -0.2) is 0 Å². The van der Waals surface area contributed by atoms with Crippen LogP contribution in [0.4, 0.5) is 8.78 Å². The number of ketones is 1. The van der Waals surface area contributed by atoms with Gasteiger partial charge in [-0.3, -0.25) is 4.79 Å². The Kier molecular flexibility index (Phi) is 5.10. The molecule has 1 saturated carbocycles. The zero-order chi connectivity index (χ0) is 12.0. The fraction of sp³-hybridized carbons (Fsp3) is 0.769. The minimum absolute atomic E-state index is 0.322. The average Bonchev–Trinajstić information content (AvgIpc) is 2.75. The van der Waals surface area contributed by atoms with Crippen molar-refractivity contribution in [1.29, 1.82) is 0 Å². The molecule has 1 rings (SSSR count). The van der Waals surface area contributed by atoms with Gasteiger partial charge < -0.3 is 0 Å². The van der Waals surface area contributed by atoms with E-state index in [-0.39, 0.29) is 6.42 Å². The molecule has 0 unspecified atom stereocenters. The predicted octanol–water partition coefficient (Wildman–Crippen LogP) is 4.13. The van der Waals surface area contributed by atoms with Crippen molar-refractivity contribution in [3.8, 4) is 0 Å². The van der Waals surface area contributed by atoms with Crippen LogP contribution in [0.1, 0.15) is 51.9 Å². The van der Waals surface area contributed by atoms with Crippen LogP contribution in [0.15, 0.2) is 12.2 Å². The molecule has 0 aliphatic heterocycles. The first-order valence-electron chi connectivity index (χ1n) is 6.16. The Bertz CT molecular complexity index is 253. The van der Waals surface area contributed by atoms with Crippen LogP contribution in [-0.4, -0.2) is 11.7 Å².